The molecule has 0 spiro atoms. The van der Waals surface area contributed by atoms with Crippen molar-refractivity contribution in [1.82, 2.24) is 15.2 Å². The van der Waals surface area contributed by atoms with Gasteiger partial charge in [-0.1, -0.05) is 0 Å². The lowest BCUT2D eigenvalue weighted by Gasteiger charge is -2.09. The fourth-order valence-electron chi connectivity index (χ4n) is 1.81. The van der Waals surface area contributed by atoms with Crippen LogP contribution in [0.25, 0.3) is 0 Å². The van der Waals surface area contributed by atoms with Crippen LogP contribution >= 0.6 is 31.9 Å². The van der Waals surface area contributed by atoms with Crippen LogP contribution in [0.1, 0.15) is 16.1 Å². The monoisotopic (exact) mass is 444 g/mol. The molecule has 0 aliphatic carbocycles. The minimum atomic E-state index is -0.416. The number of ether oxygens (including phenoxy) is 2. The van der Waals surface area contributed by atoms with E-state index >= 15 is 0 Å². The van der Waals surface area contributed by atoms with E-state index in [0.29, 0.717) is 21.5 Å². The maximum Gasteiger partial charge on any atom is 0.293 e. The van der Waals surface area contributed by atoms with Crippen molar-refractivity contribution in [3.63, 3.8) is 0 Å². The third-order valence-electron chi connectivity index (χ3n) is 2.87. The van der Waals surface area contributed by atoms with Gasteiger partial charge in [0.1, 0.15) is 11.5 Å². The highest BCUT2D eigenvalue weighted by Gasteiger charge is 2.13. The summed E-state index contributed by atoms with van der Waals surface area (Å²) in [5, 5.41) is 7.98. The molecule has 0 atom stereocenters. The molecule has 2 rings (SSSR count). The molecule has 1 aromatic heterocycles. The predicted molar refractivity (Wildman–Crippen MR) is 93.2 cm³/mol. The summed E-state index contributed by atoms with van der Waals surface area (Å²) < 4.78 is 13.4. The Morgan fingerprint density at radius 2 is 1.96 bits per heavy atom. The SMILES string of the molecule is COc1cc(OC)c(/C=N/NC(=O)c2nn(C)cc2Br)cc1Br. The Labute approximate surface area is 149 Å². The van der Waals surface area contributed by atoms with E-state index in [0.717, 1.165) is 4.47 Å². The van der Waals surface area contributed by atoms with Gasteiger partial charge in [-0.3, -0.25) is 9.48 Å². The van der Waals surface area contributed by atoms with Gasteiger partial charge in [-0.05, 0) is 37.9 Å². The van der Waals surface area contributed by atoms with E-state index in [2.05, 4.69) is 47.5 Å². The largest absolute Gasteiger partial charge is 0.496 e. The van der Waals surface area contributed by atoms with Crippen molar-refractivity contribution in [2.24, 2.45) is 12.1 Å². The molecule has 1 heterocycles. The fraction of sp³-hybridized carbons (Fsp3) is 0.214. The Morgan fingerprint density at radius 3 is 2.52 bits per heavy atom. The molecule has 23 heavy (non-hydrogen) atoms. The second-order valence-corrected chi connectivity index (χ2v) is 6.14. The van der Waals surface area contributed by atoms with Crippen molar-refractivity contribution in [3.05, 3.63) is 38.5 Å². The summed E-state index contributed by atoms with van der Waals surface area (Å²) in [6, 6.07) is 3.51. The van der Waals surface area contributed by atoms with Crippen LogP contribution in [-0.4, -0.2) is 36.1 Å². The maximum atomic E-state index is 12.0. The van der Waals surface area contributed by atoms with E-state index < -0.39 is 5.91 Å². The number of carbonyl (C=O) groups is 1. The van der Waals surface area contributed by atoms with Crippen LogP contribution in [0.5, 0.6) is 11.5 Å². The highest BCUT2D eigenvalue weighted by molar-refractivity contribution is 9.10. The lowest BCUT2D eigenvalue weighted by atomic mass is 10.2. The first-order valence-electron chi connectivity index (χ1n) is 6.40. The lowest BCUT2D eigenvalue weighted by molar-refractivity contribution is 0.0948. The molecule has 0 aliphatic heterocycles. The molecule has 1 amide bonds. The van der Waals surface area contributed by atoms with E-state index in [1.165, 1.54) is 10.9 Å². The number of methoxy groups -OCH3 is 2. The molecular formula is C14H14Br2N4O3. The van der Waals surface area contributed by atoms with Gasteiger partial charge in [-0.2, -0.15) is 10.2 Å². The number of aryl methyl sites for hydroxylation is 1. The van der Waals surface area contributed by atoms with Gasteiger partial charge in [0.05, 0.1) is 29.4 Å². The lowest BCUT2D eigenvalue weighted by Crippen LogP contribution is -2.19. The topological polar surface area (TPSA) is 77.7 Å². The third-order valence-corrected chi connectivity index (χ3v) is 4.07. The highest BCUT2D eigenvalue weighted by atomic mass is 79.9. The van der Waals surface area contributed by atoms with Crippen LogP contribution in [-0.2, 0) is 7.05 Å². The van der Waals surface area contributed by atoms with E-state index in [1.807, 2.05) is 0 Å². The number of amides is 1. The molecule has 0 unspecified atom stereocenters. The number of aromatic nitrogens is 2. The number of carbonyl (C=O) groups excluding carboxylic acids is 1. The molecule has 1 N–H and O–H groups in total. The number of rotatable bonds is 5. The number of nitrogens with one attached hydrogen (secondary N) is 1. The number of hydrogen-bond acceptors (Lipinski definition) is 5. The third kappa shape index (κ3) is 4.11. The van der Waals surface area contributed by atoms with Gasteiger partial charge in [0.15, 0.2) is 5.69 Å². The van der Waals surface area contributed by atoms with Crippen LogP contribution in [0.15, 0.2) is 32.4 Å². The Bertz CT molecular complexity index is 759. The number of hydrogen-bond donors (Lipinski definition) is 1. The van der Waals surface area contributed by atoms with Gasteiger partial charge >= 0.3 is 0 Å². The summed E-state index contributed by atoms with van der Waals surface area (Å²) in [5.74, 6) is 0.794. The second kappa shape index (κ2) is 7.60. The number of nitrogens with zero attached hydrogens (tertiary/aromatic N) is 3. The smallest absolute Gasteiger partial charge is 0.293 e. The first kappa shape index (κ1) is 17.5. The van der Waals surface area contributed by atoms with Gasteiger partial charge in [0, 0.05) is 24.9 Å². The molecule has 0 radical (unpaired) electrons. The molecule has 1 aromatic carbocycles. The van der Waals surface area contributed by atoms with Crippen molar-refractivity contribution >= 4 is 44.0 Å². The molecule has 2 aromatic rings. The number of halogens is 2. The summed E-state index contributed by atoms with van der Waals surface area (Å²) in [6.07, 6.45) is 3.17. The van der Waals surface area contributed by atoms with Crippen molar-refractivity contribution in [3.8, 4) is 11.5 Å². The normalized spacial score (nSPS) is 10.8. The quantitative estimate of drug-likeness (QED) is 0.567. The predicted octanol–water partition coefficient (Wildman–Crippen LogP) is 2.73. The van der Waals surface area contributed by atoms with Crippen molar-refractivity contribution in [2.75, 3.05) is 14.2 Å². The molecular weight excluding hydrogens is 432 g/mol. The molecule has 0 saturated carbocycles. The summed E-state index contributed by atoms with van der Waals surface area (Å²) >= 11 is 6.66. The molecule has 7 nitrogen and oxygen atoms in total. The minimum absolute atomic E-state index is 0.257. The Balaban J connectivity index is 2.16. The molecule has 0 saturated heterocycles. The number of hydrazone groups is 1. The summed E-state index contributed by atoms with van der Waals surface area (Å²) in [7, 11) is 4.84. The zero-order chi connectivity index (χ0) is 17.0. The zero-order valence-corrected chi connectivity index (χ0v) is 15.8. The van der Waals surface area contributed by atoms with Crippen LogP contribution in [0.2, 0.25) is 0 Å². The molecule has 0 fully saturated rings. The van der Waals surface area contributed by atoms with Gasteiger partial charge in [-0.15, -0.1) is 0 Å². The fourth-order valence-corrected chi connectivity index (χ4v) is 2.89. The molecule has 0 aliphatic rings. The van der Waals surface area contributed by atoms with Gasteiger partial charge in [-0.25, -0.2) is 5.43 Å². The van der Waals surface area contributed by atoms with Crippen molar-refractivity contribution < 1.29 is 14.3 Å². The molecule has 9 heteroatoms. The maximum absolute atomic E-state index is 12.0. The van der Waals surface area contributed by atoms with E-state index in [-0.39, 0.29) is 5.69 Å². The minimum Gasteiger partial charge on any atom is -0.496 e. The zero-order valence-electron chi connectivity index (χ0n) is 12.6. The van der Waals surface area contributed by atoms with Crippen LogP contribution in [0.4, 0.5) is 0 Å². The Hall–Kier alpha value is -1.87. The summed E-state index contributed by atoms with van der Waals surface area (Å²) in [4.78, 5) is 12.0. The first-order chi connectivity index (χ1) is 11.0. The van der Waals surface area contributed by atoms with Gasteiger partial charge in [0.2, 0.25) is 0 Å². The molecule has 0 bridgehead atoms. The van der Waals surface area contributed by atoms with Crippen LogP contribution < -0.4 is 14.9 Å². The van der Waals surface area contributed by atoms with Crippen LogP contribution in [0, 0.1) is 0 Å². The summed E-state index contributed by atoms with van der Waals surface area (Å²) in [5.41, 5.74) is 3.36. The van der Waals surface area contributed by atoms with Crippen LogP contribution in [0.3, 0.4) is 0 Å². The summed E-state index contributed by atoms with van der Waals surface area (Å²) in [6.45, 7) is 0. The van der Waals surface area contributed by atoms with E-state index in [4.69, 9.17) is 9.47 Å². The standard InChI is InChI=1S/C14H14Br2N4O3/c1-20-7-10(16)13(19-20)14(21)18-17-6-8-4-9(15)12(23-3)5-11(8)22-2/h4-7H,1-3H3,(H,18,21)/b17-6+. The average molecular weight is 446 g/mol. The van der Waals surface area contributed by atoms with E-state index in [1.54, 1.807) is 39.6 Å². The van der Waals surface area contributed by atoms with E-state index in [9.17, 15) is 4.79 Å². The van der Waals surface area contributed by atoms with Crippen molar-refractivity contribution in [2.45, 2.75) is 0 Å². The van der Waals surface area contributed by atoms with Gasteiger partial charge < -0.3 is 9.47 Å². The Morgan fingerprint density at radius 1 is 1.26 bits per heavy atom. The average Bonchev–Trinajstić information content (AvgIpc) is 2.86. The highest BCUT2D eigenvalue weighted by Crippen LogP contribution is 2.31. The first-order valence-corrected chi connectivity index (χ1v) is 7.99. The van der Waals surface area contributed by atoms with Crippen molar-refractivity contribution in [1.29, 1.82) is 0 Å². The second-order valence-electron chi connectivity index (χ2n) is 4.43. The van der Waals surface area contributed by atoms with Gasteiger partial charge in [0.25, 0.3) is 5.91 Å². The Kier molecular flexibility index (Phi) is 5.78. The number of benzene rings is 1. The molecule has 122 valence electrons.